The summed E-state index contributed by atoms with van der Waals surface area (Å²) in [5.41, 5.74) is 5.59. The van der Waals surface area contributed by atoms with Crippen LogP contribution in [0.3, 0.4) is 0 Å². The topological polar surface area (TPSA) is 54.0 Å². The molecule has 3 aromatic carbocycles. The fourth-order valence-electron chi connectivity index (χ4n) is 2.95. The molecule has 0 fully saturated rings. The molecule has 0 unspecified atom stereocenters. The minimum Gasteiger partial charge on any atom is -0.332 e. The van der Waals surface area contributed by atoms with E-state index in [0.717, 1.165) is 37.6 Å². The number of aryl methyl sites for hydroxylation is 2. The van der Waals surface area contributed by atoms with Gasteiger partial charge < -0.3 is 5.32 Å². The zero-order valence-electron chi connectivity index (χ0n) is 16.0. The molecule has 0 saturated heterocycles. The van der Waals surface area contributed by atoms with E-state index < -0.39 is 0 Å². The van der Waals surface area contributed by atoms with Gasteiger partial charge in [0.25, 0.3) is 5.91 Å². The molecular weight excluding hydrogens is 398 g/mol. The number of para-hydroxylation sites is 1. The molecule has 0 radical (unpaired) electrons. The number of fused-ring (bicyclic) bond motifs is 1. The lowest BCUT2D eigenvalue weighted by Gasteiger charge is -2.11. The number of carbonyl (C=O) groups is 1. The molecular formula is C23H19N3OS2. The van der Waals surface area contributed by atoms with E-state index in [1.54, 1.807) is 17.4 Å². The fourth-order valence-corrected chi connectivity index (χ4v) is 4.12. The second kappa shape index (κ2) is 8.11. The van der Waals surface area contributed by atoms with Crippen LogP contribution in [0.15, 0.2) is 66.7 Å². The predicted octanol–water partition coefficient (Wildman–Crippen LogP) is 5.71. The smallest absolute Gasteiger partial charge is 0.257 e. The predicted molar refractivity (Wildman–Crippen MR) is 125 cm³/mol. The van der Waals surface area contributed by atoms with E-state index in [0.29, 0.717) is 5.56 Å². The Morgan fingerprint density at radius 3 is 2.59 bits per heavy atom. The first kappa shape index (κ1) is 19.2. The standard InChI is InChI=1S/C23H19N3OS2/c1-14-10-11-16(12-15(14)2)21(27)26-23(28)24-18-7-5-6-17(13-18)22-25-19-8-3-4-9-20(19)29-22/h3-13H,1-2H3,(H2,24,26,27,28). The summed E-state index contributed by atoms with van der Waals surface area (Å²) in [5.74, 6) is -0.229. The first-order valence-corrected chi connectivity index (χ1v) is 10.4. The van der Waals surface area contributed by atoms with Crippen molar-refractivity contribution in [2.45, 2.75) is 13.8 Å². The fraction of sp³-hybridized carbons (Fsp3) is 0.0870. The molecule has 4 aromatic rings. The number of anilines is 1. The Morgan fingerprint density at radius 1 is 0.966 bits per heavy atom. The molecule has 0 bridgehead atoms. The van der Waals surface area contributed by atoms with Crippen molar-refractivity contribution in [3.05, 3.63) is 83.4 Å². The van der Waals surface area contributed by atoms with Gasteiger partial charge in [0.05, 0.1) is 10.2 Å². The van der Waals surface area contributed by atoms with Gasteiger partial charge in [0, 0.05) is 16.8 Å². The highest BCUT2D eigenvalue weighted by atomic mass is 32.1. The van der Waals surface area contributed by atoms with Gasteiger partial charge in [0.2, 0.25) is 0 Å². The highest BCUT2D eigenvalue weighted by molar-refractivity contribution is 7.80. The lowest BCUT2D eigenvalue weighted by molar-refractivity contribution is 0.0977. The van der Waals surface area contributed by atoms with Crippen LogP contribution in [-0.2, 0) is 0 Å². The van der Waals surface area contributed by atoms with Gasteiger partial charge >= 0.3 is 0 Å². The van der Waals surface area contributed by atoms with Crippen molar-refractivity contribution >= 4 is 50.5 Å². The number of carbonyl (C=O) groups excluding carboxylic acids is 1. The van der Waals surface area contributed by atoms with Crippen molar-refractivity contribution < 1.29 is 4.79 Å². The van der Waals surface area contributed by atoms with Gasteiger partial charge in [-0.05, 0) is 73.6 Å². The Balaban J connectivity index is 1.48. The number of nitrogens with zero attached hydrogens (tertiary/aromatic N) is 1. The number of rotatable bonds is 3. The number of hydrogen-bond acceptors (Lipinski definition) is 4. The zero-order chi connectivity index (χ0) is 20.4. The van der Waals surface area contributed by atoms with Crippen molar-refractivity contribution in [2.24, 2.45) is 0 Å². The molecule has 1 heterocycles. The summed E-state index contributed by atoms with van der Waals surface area (Å²) in [7, 11) is 0. The van der Waals surface area contributed by atoms with Gasteiger partial charge in [-0.15, -0.1) is 11.3 Å². The lowest BCUT2D eigenvalue weighted by atomic mass is 10.1. The molecule has 0 aliphatic rings. The average molecular weight is 418 g/mol. The molecule has 0 aliphatic carbocycles. The minimum atomic E-state index is -0.229. The first-order chi connectivity index (χ1) is 14.0. The minimum absolute atomic E-state index is 0.229. The molecule has 1 aromatic heterocycles. The number of amides is 1. The van der Waals surface area contributed by atoms with Crippen LogP contribution in [-0.4, -0.2) is 16.0 Å². The Kier molecular flexibility index (Phi) is 5.38. The normalized spacial score (nSPS) is 10.7. The quantitative estimate of drug-likeness (QED) is 0.420. The number of aromatic nitrogens is 1. The summed E-state index contributed by atoms with van der Waals surface area (Å²) >= 11 is 6.97. The van der Waals surface area contributed by atoms with Crippen LogP contribution in [0, 0.1) is 13.8 Å². The van der Waals surface area contributed by atoms with Crippen LogP contribution in [0.2, 0.25) is 0 Å². The van der Waals surface area contributed by atoms with Crippen LogP contribution in [0.4, 0.5) is 5.69 Å². The second-order valence-electron chi connectivity index (χ2n) is 6.77. The maximum absolute atomic E-state index is 12.4. The Hall–Kier alpha value is -3.09. The summed E-state index contributed by atoms with van der Waals surface area (Å²) in [4.78, 5) is 17.1. The summed E-state index contributed by atoms with van der Waals surface area (Å²) in [5, 5.41) is 7.03. The Morgan fingerprint density at radius 2 is 1.79 bits per heavy atom. The SMILES string of the molecule is Cc1ccc(C(=O)NC(=S)Nc2cccc(-c3nc4ccccc4s3)c2)cc1C. The van der Waals surface area contributed by atoms with E-state index >= 15 is 0 Å². The van der Waals surface area contributed by atoms with E-state index in [-0.39, 0.29) is 11.0 Å². The number of thiocarbonyl (C=S) groups is 1. The maximum atomic E-state index is 12.4. The van der Waals surface area contributed by atoms with Crippen LogP contribution in [0.25, 0.3) is 20.8 Å². The van der Waals surface area contributed by atoms with Crippen LogP contribution >= 0.6 is 23.6 Å². The van der Waals surface area contributed by atoms with Crippen molar-refractivity contribution in [1.82, 2.24) is 10.3 Å². The summed E-state index contributed by atoms with van der Waals surface area (Å²) in [6, 6.07) is 21.5. The third kappa shape index (κ3) is 4.34. The molecule has 1 amide bonds. The van der Waals surface area contributed by atoms with Gasteiger partial charge in [0.15, 0.2) is 5.11 Å². The van der Waals surface area contributed by atoms with Gasteiger partial charge in [-0.1, -0.05) is 30.3 Å². The molecule has 4 rings (SSSR count). The molecule has 4 nitrogen and oxygen atoms in total. The highest BCUT2D eigenvalue weighted by Gasteiger charge is 2.10. The third-order valence-electron chi connectivity index (χ3n) is 4.66. The van der Waals surface area contributed by atoms with Gasteiger partial charge in [-0.2, -0.15) is 0 Å². The highest BCUT2D eigenvalue weighted by Crippen LogP contribution is 2.31. The van der Waals surface area contributed by atoms with Gasteiger partial charge in [-0.3, -0.25) is 10.1 Å². The summed E-state index contributed by atoms with van der Waals surface area (Å²) in [6.07, 6.45) is 0. The van der Waals surface area contributed by atoms with Gasteiger partial charge in [-0.25, -0.2) is 4.98 Å². The van der Waals surface area contributed by atoms with E-state index in [1.807, 2.05) is 68.4 Å². The number of hydrogen-bond donors (Lipinski definition) is 2. The summed E-state index contributed by atoms with van der Waals surface area (Å²) in [6.45, 7) is 4.00. The third-order valence-corrected chi connectivity index (χ3v) is 5.95. The number of nitrogens with one attached hydrogen (secondary N) is 2. The van der Waals surface area contributed by atoms with Crippen LogP contribution in [0.5, 0.6) is 0 Å². The van der Waals surface area contributed by atoms with Crippen LogP contribution in [0.1, 0.15) is 21.5 Å². The summed E-state index contributed by atoms with van der Waals surface area (Å²) < 4.78 is 1.15. The monoisotopic (exact) mass is 417 g/mol. The Bertz CT molecular complexity index is 1200. The van der Waals surface area contributed by atoms with Crippen molar-refractivity contribution in [1.29, 1.82) is 0 Å². The average Bonchev–Trinajstić information content (AvgIpc) is 3.14. The number of thiazole rings is 1. The Labute approximate surface area is 178 Å². The molecule has 144 valence electrons. The molecule has 29 heavy (non-hydrogen) atoms. The first-order valence-electron chi connectivity index (χ1n) is 9.15. The van der Waals surface area contributed by atoms with E-state index in [1.165, 1.54) is 0 Å². The largest absolute Gasteiger partial charge is 0.332 e. The van der Waals surface area contributed by atoms with Crippen molar-refractivity contribution in [2.75, 3.05) is 5.32 Å². The van der Waals surface area contributed by atoms with Gasteiger partial charge in [0.1, 0.15) is 5.01 Å². The molecule has 0 atom stereocenters. The molecule has 6 heteroatoms. The van der Waals surface area contributed by atoms with Crippen LogP contribution < -0.4 is 10.6 Å². The van der Waals surface area contributed by atoms with Crippen molar-refractivity contribution in [3.63, 3.8) is 0 Å². The van der Waals surface area contributed by atoms with E-state index in [4.69, 9.17) is 17.2 Å². The van der Waals surface area contributed by atoms with E-state index in [2.05, 4.69) is 16.7 Å². The molecule has 2 N–H and O–H groups in total. The van der Waals surface area contributed by atoms with E-state index in [9.17, 15) is 4.79 Å². The van der Waals surface area contributed by atoms with Crippen molar-refractivity contribution in [3.8, 4) is 10.6 Å². The second-order valence-corrected chi connectivity index (χ2v) is 8.21. The molecule has 0 saturated carbocycles. The molecule has 0 aliphatic heterocycles. The number of benzene rings is 3. The molecule has 0 spiro atoms. The zero-order valence-corrected chi connectivity index (χ0v) is 17.7. The maximum Gasteiger partial charge on any atom is 0.257 e. The lowest BCUT2D eigenvalue weighted by Crippen LogP contribution is -2.34.